The fourth-order valence-electron chi connectivity index (χ4n) is 3.88. The fraction of sp³-hybridized carbons (Fsp3) is 0.429. The molecule has 0 unspecified atom stereocenters. The highest BCUT2D eigenvalue weighted by Gasteiger charge is 2.24. The Kier molecular flexibility index (Phi) is 4.43. The summed E-state index contributed by atoms with van der Waals surface area (Å²) in [4.78, 5) is 18.5. The number of pyridine rings is 1. The molecule has 3 aromatic rings. The van der Waals surface area contributed by atoms with Crippen LogP contribution < -0.4 is 9.80 Å². The van der Waals surface area contributed by atoms with Crippen LogP contribution in [0.4, 0.5) is 11.6 Å². The molecule has 7 nitrogen and oxygen atoms in total. The van der Waals surface area contributed by atoms with Gasteiger partial charge in [-0.3, -0.25) is 0 Å². The van der Waals surface area contributed by atoms with Gasteiger partial charge >= 0.3 is 0 Å². The summed E-state index contributed by atoms with van der Waals surface area (Å²) >= 11 is 0. The third-order valence-electron chi connectivity index (χ3n) is 5.79. The number of rotatable bonds is 4. The SMILES string of the molecule is Cc1cnn(-c2cccc(N3CCN(c4cc(C5CCC5)ncn4)CC3)n2)c1. The third-order valence-corrected chi connectivity index (χ3v) is 5.79. The van der Waals surface area contributed by atoms with Crippen LogP contribution >= 0.6 is 0 Å². The number of piperazine rings is 1. The summed E-state index contributed by atoms with van der Waals surface area (Å²) in [7, 11) is 0. The number of hydrogen-bond donors (Lipinski definition) is 0. The maximum Gasteiger partial charge on any atom is 0.155 e. The molecule has 0 spiro atoms. The second-order valence-corrected chi connectivity index (χ2v) is 7.72. The molecule has 4 heterocycles. The lowest BCUT2D eigenvalue weighted by molar-refractivity contribution is 0.410. The van der Waals surface area contributed by atoms with Crippen LogP contribution in [0.2, 0.25) is 0 Å². The summed E-state index contributed by atoms with van der Waals surface area (Å²) in [5.41, 5.74) is 2.34. The van der Waals surface area contributed by atoms with E-state index in [4.69, 9.17) is 4.98 Å². The first-order valence-electron chi connectivity index (χ1n) is 10.1. The van der Waals surface area contributed by atoms with Crippen LogP contribution in [0.15, 0.2) is 43.0 Å². The van der Waals surface area contributed by atoms with E-state index in [2.05, 4.69) is 43.1 Å². The normalized spacial score (nSPS) is 17.6. The number of aryl methyl sites for hydroxylation is 1. The minimum Gasteiger partial charge on any atom is -0.353 e. The van der Waals surface area contributed by atoms with Crippen molar-refractivity contribution in [3.63, 3.8) is 0 Å². The zero-order valence-corrected chi connectivity index (χ0v) is 16.2. The molecule has 1 aliphatic carbocycles. The van der Waals surface area contributed by atoms with Gasteiger partial charge in [0.2, 0.25) is 0 Å². The van der Waals surface area contributed by atoms with Gasteiger partial charge < -0.3 is 9.80 Å². The number of anilines is 2. The van der Waals surface area contributed by atoms with Crippen molar-refractivity contribution in [1.82, 2.24) is 24.7 Å². The first kappa shape index (κ1) is 17.2. The van der Waals surface area contributed by atoms with E-state index in [1.54, 1.807) is 6.33 Å². The van der Waals surface area contributed by atoms with Gasteiger partial charge in [-0.1, -0.05) is 12.5 Å². The Labute approximate surface area is 165 Å². The lowest BCUT2D eigenvalue weighted by atomic mass is 9.83. The number of aromatic nitrogens is 5. The van der Waals surface area contributed by atoms with Crippen molar-refractivity contribution in [2.75, 3.05) is 36.0 Å². The average Bonchev–Trinajstić information content (AvgIpc) is 3.14. The van der Waals surface area contributed by atoms with Gasteiger partial charge in [0.1, 0.15) is 18.0 Å². The van der Waals surface area contributed by atoms with E-state index in [0.717, 1.165) is 49.2 Å². The number of hydrogen-bond acceptors (Lipinski definition) is 6. The van der Waals surface area contributed by atoms with Crippen LogP contribution in [-0.2, 0) is 0 Å². The Morgan fingerprint density at radius 1 is 0.929 bits per heavy atom. The lowest BCUT2D eigenvalue weighted by Crippen LogP contribution is -2.47. The third kappa shape index (κ3) is 3.32. The lowest BCUT2D eigenvalue weighted by Gasteiger charge is -2.36. The second kappa shape index (κ2) is 7.22. The van der Waals surface area contributed by atoms with Crippen molar-refractivity contribution in [3.8, 4) is 5.82 Å². The first-order chi connectivity index (χ1) is 13.8. The van der Waals surface area contributed by atoms with Gasteiger partial charge in [0.15, 0.2) is 5.82 Å². The van der Waals surface area contributed by atoms with Crippen molar-refractivity contribution >= 4 is 11.6 Å². The summed E-state index contributed by atoms with van der Waals surface area (Å²) < 4.78 is 1.83. The molecule has 7 heteroatoms. The first-order valence-corrected chi connectivity index (χ1v) is 10.1. The highest BCUT2D eigenvalue weighted by atomic mass is 15.3. The van der Waals surface area contributed by atoms with Gasteiger partial charge in [-0.2, -0.15) is 5.10 Å². The zero-order chi connectivity index (χ0) is 18.9. The molecule has 0 aromatic carbocycles. The van der Waals surface area contributed by atoms with Crippen molar-refractivity contribution in [2.45, 2.75) is 32.1 Å². The van der Waals surface area contributed by atoms with E-state index in [1.165, 1.54) is 25.0 Å². The molecule has 2 fully saturated rings. The van der Waals surface area contributed by atoms with Crippen molar-refractivity contribution < 1.29 is 0 Å². The van der Waals surface area contributed by atoms with Crippen LogP contribution in [0.1, 0.15) is 36.4 Å². The second-order valence-electron chi connectivity index (χ2n) is 7.72. The van der Waals surface area contributed by atoms with Crippen LogP contribution in [0.3, 0.4) is 0 Å². The maximum atomic E-state index is 4.82. The molecule has 0 radical (unpaired) electrons. The molecule has 0 N–H and O–H groups in total. The Bertz CT molecular complexity index is 955. The molecular weight excluding hydrogens is 350 g/mol. The van der Waals surface area contributed by atoms with E-state index in [-0.39, 0.29) is 0 Å². The van der Waals surface area contributed by atoms with Crippen LogP contribution in [0, 0.1) is 6.92 Å². The summed E-state index contributed by atoms with van der Waals surface area (Å²) in [6.07, 6.45) is 9.44. The van der Waals surface area contributed by atoms with E-state index in [9.17, 15) is 0 Å². The minimum atomic E-state index is 0.640. The van der Waals surface area contributed by atoms with Gasteiger partial charge in [0.05, 0.1) is 6.20 Å². The molecule has 144 valence electrons. The van der Waals surface area contributed by atoms with E-state index in [0.29, 0.717) is 5.92 Å². The fourth-order valence-corrected chi connectivity index (χ4v) is 3.88. The molecule has 3 aromatic heterocycles. The molecule has 1 saturated heterocycles. The number of nitrogens with zero attached hydrogens (tertiary/aromatic N) is 7. The van der Waals surface area contributed by atoms with Gasteiger partial charge in [0, 0.05) is 50.1 Å². The maximum absolute atomic E-state index is 4.82. The monoisotopic (exact) mass is 375 g/mol. The summed E-state index contributed by atoms with van der Waals surface area (Å²) in [5, 5.41) is 4.37. The van der Waals surface area contributed by atoms with E-state index < -0.39 is 0 Å². The summed E-state index contributed by atoms with van der Waals surface area (Å²) in [6.45, 7) is 5.77. The van der Waals surface area contributed by atoms with Gasteiger partial charge in [-0.15, -0.1) is 0 Å². The van der Waals surface area contributed by atoms with E-state index >= 15 is 0 Å². The quantitative estimate of drug-likeness (QED) is 0.699. The molecule has 5 rings (SSSR count). The van der Waals surface area contributed by atoms with Gasteiger partial charge in [-0.25, -0.2) is 19.6 Å². The van der Waals surface area contributed by atoms with Gasteiger partial charge in [0.25, 0.3) is 0 Å². The molecular formula is C21H25N7. The molecule has 0 bridgehead atoms. The van der Waals surface area contributed by atoms with Crippen LogP contribution in [0.25, 0.3) is 5.82 Å². The zero-order valence-electron chi connectivity index (χ0n) is 16.2. The predicted octanol–water partition coefficient (Wildman–Crippen LogP) is 2.96. The Hall–Kier alpha value is -2.96. The van der Waals surface area contributed by atoms with Crippen molar-refractivity contribution in [2.24, 2.45) is 0 Å². The smallest absolute Gasteiger partial charge is 0.155 e. The largest absolute Gasteiger partial charge is 0.353 e. The topological polar surface area (TPSA) is 63.0 Å². The summed E-state index contributed by atoms with van der Waals surface area (Å²) in [6, 6.07) is 8.32. The van der Waals surface area contributed by atoms with Crippen molar-refractivity contribution in [3.05, 3.63) is 54.2 Å². The van der Waals surface area contributed by atoms with Crippen LogP contribution in [0.5, 0.6) is 0 Å². The highest BCUT2D eigenvalue weighted by Crippen LogP contribution is 2.36. The molecule has 0 amide bonds. The standard InChI is InChI=1S/C21H25N7/c1-16-13-24-28(14-16)20-7-3-6-19(25-20)26-8-10-27(11-9-26)21-12-18(22-15-23-21)17-4-2-5-17/h3,6-7,12-15,17H,2,4-5,8-11H2,1H3. The Balaban J connectivity index is 1.27. The molecule has 1 aliphatic heterocycles. The summed E-state index contributed by atoms with van der Waals surface area (Å²) in [5.74, 6) is 3.56. The average molecular weight is 375 g/mol. The van der Waals surface area contributed by atoms with Gasteiger partial charge in [-0.05, 0) is 37.5 Å². The minimum absolute atomic E-state index is 0.640. The Morgan fingerprint density at radius 2 is 1.68 bits per heavy atom. The highest BCUT2D eigenvalue weighted by molar-refractivity contribution is 5.47. The molecule has 1 saturated carbocycles. The molecule has 0 atom stereocenters. The van der Waals surface area contributed by atoms with Crippen molar-refractivity contribution in [1.29, 1.82) is 0 Å². The van der Waals surface area contributed by atoms with E-state index in [1.807, 2.05) is 30.1 Å². The molecule has 2 aliphatic rings. The predicted molar refractivity (Wildman–Crippen MR) is 109 cm³/mol. The van der Waals surface area contributed by atoms with Crippen LogP contribution in [-0.4, -0.2) is 50.9 Å². The Morgan fingerprint density at radius 3 is 2.36 bits per heavy atom. The molecule has 28 heavy (non-hydrogen) atoms.